The maximum absolute atomic E-state index is 4.72. The lowest BCUT2D eigenvalue weighted by Crippen LogP contribution is -1.83. The van der Waals surface area contributed by atoms with E-state index in [1.807, 2.05) is 36.5 Å². The highest BCUT2D eigenvalue weighted by Crippen LogP contribution is 2.33. The van der Waals surface area contributed by atoms with Crippen molar-refractivity contribution >= 4 is 33.4 Å². The van der Waals surface area contributed by atoms with Gasteiger partial charge in [0.2, 0.25) is 0 Å². The van der Waals surface area contributed by atoms with E-state index in [1.54, 1.807) is 23.7 Å². The van der Waals surface area contributed by atoms with Gasteiger partial charge in [0.1, 0.15) is 5.69 Å². The second-order valence-electron chi connectivity index (χ2n) is 6.69. The summed E-state index contributed by atoms with van der Waals surface area (Å²) in [6, 6.07) is 16.4. The number of fused-ring (bicyclic) bond motifs is 2. The van der Waals surface area contributed by atoms with Crippen LogP contribution in [0.3, 0.4) is 0 Å². The highest BCUT2D eigenvalue weighted by Gasteiger charge is 2.16. The molecule has 0 bridgehead atoms. The van der Waals surface area contributed by atoms with Crippen molar-refractivity contribution in [3.8, 4) is 33.1 Å². The number of pyridine rings is 2. The monoisotopic (exact) mass is 394 g/mol. The standard InChI is InChI=1S/C22H14N6S/c1-3-14(12-23-8-1)13-5-6-17-16(11-13)20(28-27-17)22-25-19-15(18-4-2-10-29-18)7-9-24-21(19)26-22/h1-12H,(H,27,28)(H,24,25,26). The third-order valence-electron chi connectivity index (χ3n) is 4.96. The smallest absolute Gasteiger partial charge is 0.178 e. The van der Waals surface area contributed by atoms with Crippen LogP contribution < -0.4 is 0 Å². The Hall–Kier alpha value is -3.84. The molecule has 0 unspecified atom stereocenters. The molecule has 0 atom stereocenters. The molecule has 0 saturated heterocycles. The SMILES string of the molecule is c1cncc(-c2ccc3[nH]nc(-c4nc5nccc(-c6cccs6)c5[nH]4)c3c2)c1. The summed E-state index contributed by atoms with van der Waals surface area (Å²) in [5.41, 5.74) is 6.59. The number of nitrogens with one attached hydrogen (secondary N) is 2. The molecule has 0 saturated carbocycles. The minimum atomic E-state index is 0.686. The second-order valence-corrected chi connectivity index (χ2v) is 7.64. The number of thiophene rings is 1. The Morgan fingerprint density at radius 2 is 1.93 bits per heavy atom. The van der Waals surface area contributed by atoms with Crippen molar-refractivity contribution in [1.29, 1.82) is 0 Å². The number of imidazole rings is 1. The Morgan fingerprint density at radius 1 is 0.931 bits per heavy atom. The average Bonchev–Trinajstić information content (AvgIpc) is 3.52. The van der Waals surface area contributed by atoms with Crippen LogP contribution in [0, 0.1) is 0 Å². The van der Waals surface area contributed by atoms with Gasteiger partial charge in [0.05, 0.1) is 11.0 Å². The molecule has 0 radical (unpaired) electrons. The van der Waals surface area contributed by atoms with Gasteiger partial charge in [-0.2, -0.15) is 5.10 Å². The summed E-state index contributed by atoms with van der Waals surface area (Å²) in [6.45, 7) is 0. The molecule has 6 aromatic rings. The molecule has 138 valence electrons. The molecule has 1 aromatic carbocycles. The average molecular weight is 394 g/mol. The number of aromatic nitrogens is 6. The van der Waals surface area contributed by atoms with Gasteiger partial charge in [-0.05, 0) is 41.3 Å². The van der Waals surface area contributed by atoms with E-state index < -0.39 is 0 Å². The molecule has 0 fully saturated rings. The molecule has 2 N–H and O–H groups in total. The Balaban J connectivity index is 1.53. The first-order valence-corrected chi connectivity index (χ1v) is 10.0. The summed E-state index contributed by atoms with van der Waals surface area (Å²) in [6.07, 6.45) is 5.43. The summed E-state index contributed by atoms with van der Waals surface area (Å²) in [5, 5.41) is 10.7. The van der Waals surface area contributed by atoms with E-state index in [0.717, 1.165) is 38.8 Å². The number of nitrogens with zero attached hydrogens (tertiary/aromatic N) is 4. The number of hydrogen-bond donors (Lipinski definition) is 2. The lowest BCUT2D eigenvalue weighted by molar-refractivity contribution is 1.10. The predicted octanol–water partition coefficient (Wildman–Crippen LogP) is 5.29. The zero-order valence-electron chi connectivity index (χ0n) is 15.1. The molecule has 0 aliphatic rings. The third-order valence-corrected chi connectivity index (χ3v) is 5.86. The van der Waals surface area contributed by atoms with Crippen LogP contribution >= 0.6 is 11.3 Å². The van der Waals surface area contributed by atoms with E-state index in [2.05, 4.69) is 48.7 Å². The van der Waals surface area contributed by atoms with E-state index in [4.69, 9.17) is 4.98 Å². The van der Waals surface area contributed by atoms with Gasteiger partial charge in [-0.1, -0.05) is 18.2 Å². The molecule has 7 heteroatoms. The molecular formula is C22H14N6S. The van der Waals surface area contributed by atoms with Gasteiger partial charge in [0.15, 0.2) is 11.5 Å². The first kappa shape index (κ1) is 16.1. The Morgan fingerprint density at radius 3 is 2.79 bits per heavy atom. The van der Waals surface area contributed by atoms with Crippen molar-refractivity contribution < 1.29 is 0 Å². The third kappa shape index (κ3) is 2.63. The van der Waals surface area contributed by atoms with Crippen LogP contribution in [0.5, 0.6) is 0 Å². The van der Waals surface area contributed by atoms with Gasteiger partial charge in [-0.25, -0.2) is 9.97 Å². The maximum atomic E-state index is 4.72. The minimum Gasteiger partial charge on any atom is -0.335 e. The number of rotatable bonds is 3. The normalized spacial score (nSPS) is 11.4. The largest absolute Gasteiger partial charge is 0.335 e. The lowest BCUT2D eigenvalue weighted by atomic mass is 10.0. The number of benzene rings is 1. The van der Waals surface area contributed by atoms with E-state index in [1.165, 1.54) is 4.88 Å². The van der Waals surface area contributed by atoms with Crippen molar-refractivity contribution in [2.75, 3.05) is 0 Å². The molecule has 0 aliphatic heterocycles. The van der Waals surface area contributed by atoms with Crippen molar-refractivity contribution in [2.24, 2.45) is 0 Å². The predicted molar refractivity (Wildman–Crippen MR) is 116 cm³/mol. The first-order valence-electron chi connectivity index (χ1n) is 9.14. The molecular weight excluding hydrogens is 380 g/mol. The molecule has 5 heterocycles. The number of hydrogen-bond acceptors (Lipinski definition) is 5. The summed E-state index contributed by atoms with van der Waals surface area (Å²) in [5.74, 6) is 0.700. The van der Waals surface area contributed by atoms with Crippen LogP contribution in [0.2, 0.25) is 0 Å². The van der Waals surface area contributed by atoms with Gasteiger partial charge >= 0.3 is 0 Å². The fourth-order valence-corrected chi connectivity index (χ4v) is 4.33. The molecule has 5 aromatic heterocycles. The molecule has 0 amide bonds. The fourth-order valence-electron chi connectivity index (χ4n) is 3.57. The minimum absolute atomic E-state index is 0.686. The van der Waals surface area contributed by atoms with Crippen molar-refractivity contribution in [3.63, 3.8) is 0 Å². The zero-order chi connectivity index (χ0) is 19.2. The Labute approximate surface area is 169 Å². The summed E-state index contributed by atoms with van der Waals surface area (Å²) in [4.78, 5) is 18.0. The number of H-pyrrole nitrogens is 2. The van der Waals surface area contributed by atoms with Crippen LogP contribution in [0.15, 0.2) is 72.5 Å². The summed E-state index contributed by atoms with van der Waals surface area (Å²) in [7, 11) is 0. The molecule has 6 rings (SSSR count). The second kappa shape index (κ2) is 6.35. The first-order chi connectivity index (χ1) is 14.4. The molecule has 6 nitrogen and oxygen atoms in total. The van der Waals surface area contributed by atoms with E-state index in [0.29, 0.717) is 11.5 Å². The van der Waals surface area contributed by atoms with Crippen molar-refractivity contribution in [2.45, 2.75) is 0 Å². The quantitative estimate of drug-likeness (QED) is 0.427. The highest BCUT2D eigenvalue weighted by atomic mass is 32.1. The van der Waals surface area contributed by atoms with Crippen molar-refractivity contribution in [1.82, 2.24) is 30.1 Å². The highest BCUT2D eigenvalue weighted by molar-refractivity contribution is 7.13. The summed E-state index contributed by atoms with van der Waals surface area (Å²) >= 11 is 1.70. The van der Waals surface area contributed by atoms with E-state index in [9.17, 15) is 0 Å². The number of aromatic amines is 2. The van der Waals surface area contributed by atoms with Gasteiger partial charge in [0.25, 0.3) is 0 Å². The topological polar surface area (TPSA) is 83.1 Å². The van der Waals surface area contributed by atoms with Crippen LogP contribution in [0.25, 0.3) is 55.2 Å². The van der Waals surface area contributed by atoms with Gasteiger partial charge in [0, 0.05) is 40.0 Å². The van der Waals surface area contributed by atoms with Crippen molar-refractivity contribution in [3.05, 3.63) is 72.5 Å². The van der Waals surface area contributed by atoms with Crippen LogP contribution in [-0.2, 0) is 0 Å². The van der Waals surface area contributed by atoms with Crippen LogP contribution in [0.1, 0.15) is 0 Å². The zero-order valence-corrected chi connectivity index (χ0v) is 15.9. The molecule has 0 spiro atoms. The molecule has 29 heavy (non-hydrogen) atoms. The Kier molecular flexibility index (Phi) is 3.54. The molecule has 0 aliphatic carbocycles. The van der Waals surface area contributed by atoms with E-state index in [-0.39, 0.29) is 0 Å². The van der Waals surface area contributed by atoms with Gasteiger partial charge in [-0.3, -0.25) is 10.1 Å². The van der Waals surface area contributed by atoms with E-state index >= 15 is 0 Å². The van der Waals surface area contributed by atoms with Gasteiger partial charge in [-0.15, -0.1) is 11.3 Å². The van der Waals surface area contributed by atoms with Crippen LogP contribution in [0.4, 0.5) is 0 Å². The van der Waals surface area contributed by atoms with Crippen LogP contribution in [-0.4, -0.2) is 30.1 Å². The Bertz CT molecular complexity index is 1450. The lowest BCUT2D eigenvalue weighted by Gasteiger charge is -2.01. The van der Waals surface area contributed by atoms with Gasteiger partial charge < -0.3 is 4.98 Å². The fraction of sp³-hybridized carbons (Fsp3) is 0. The maximum Gasteiger partial charge on any atom is 0.178 e. The summed E-state index contributed by atoms with van der Waals surface area (Å²) < 4.78 is 0.